The number of rotatable bonds is 1. The van der Waals surface area contributed by atoms with E-state index >= 15 is 0 Å². The smallest absolute Gasteiger partial charge is 0 e. The minimum absolute atomic E-state index is 0. The van der Waals surface area contributed by atoms with Crippen LogP contribution in [0.15, 0.2) is 0 Å². The minimum Gasteiger partial charge on any atom is -0.675 e. The first kappa shape index (κ1) is 27.0. The first-order chi connectivity index (χ1) is 8.84. The van der Waals surface area contributed by atoms with Crippen LogP contribution < -0.4 is 0 Å². The molecule has 22 heavy (non-hydrogen) atoms. The van der Waals surface area contributed by atoms with E-state index in [-0.39, 0.29) is 98.4 Å². The standard InChI is InChI=1S/C17H29N.CH3.U.W.Y/c18-15-8-3-6-14(11-12-15)17-10-4-7-13-5-1-2-9-16(13)17;;;;/h9,13-18H,1-8,10-12H2;1H3;;;/q-2;-1;;;. The average Bonchev–Trinajstić information content (AvgIpc) is 2.63. The van der Waals surface area contributed by atoms with E-state index in [1.54, 1.807) is 0 Å². The van der Waals surface area contributed by atoms with E-state index in [0.29, 0.717) is 0 Å². The molecule has 0 aliphatic heterocycles. The molecule has 0 heterocycles. The molecule has 3 aliphatic carbocycles. The van der Waals surface area contributed by atoms with Gasteiger partial charge in [-0.15, -0.1) is 6.04 Å². The monoisotopic (exact) mass is 773 g/mol. The van der Waals surface area contributed by atoms with Gasteiger partial charge in [0.1, 0.15) is 0 Å². The van der Waals surface area contributed by atoms with Gasteiger partial charge in [-0.3, -0.25) is 0 Å². The maximum atomic E-state index is 7.99. The topological polar surface area (TPSA) is 23.8 Å². The van der Waals surface area contributed by atoms with Crippen LogP contribution in [0.4, 0.5) is 0 Å². The molecule has 1 radical (unpaired) electrons. The molecule has 3 aliphatic rings. The average molecular weight is 773 g/mol. The van der Waals surface area contributed by atoms with Crippen LogP contribution >= 0.6 is 0 Å². The van der Waals surface area contributed by atoms with E-state index in [2.05, 4.69) is 6.42 Å². The zero-order chi connectivity index (χ0) is 12.4. The van der Waals surface area contributed by atoms with Crippen LogP contribution in [0.1, 0.15) is 70.6 Å². The van der Waals surface area contributed by atoms with Crippen LogP contribution in [0.3, 0.4) is 0 Å². The Balaban J connectivity index is 0. The Morgan fingerprint density at radius 1 is 0.773 bits per heavy atom. The number of nitrogens with one attached hydrogen (secondary N) is 1. The molecule has 0 spiro atoms. The third-order valence-corrected chi connectivity index (χ3v) is 5.99. The van der Waals surface area contributed by atoms with Gasteiger partial charge in [-0.05, 0) is 5.92 Å². The van der Waals surface area contributed by atoms with E-state index < -0.39 is 0 Å². The fourth-order valence-electron chi connectivity index (χ4n) is 5.05. The summed E-state index contributed by atoms with van der Waals surface area (Å²) in [5.41, 5.74) is 7.99. The molecule has 0 aromatic rings. The Morgan fingerprint density at radius 3 is 2.18 bits per heavy atom. The van der Waals surface area contributed by atoms with Crippen molar-refractivity contribution in [3.8, 4) is 0 Å². The summed E-state index contributed by atoms with van der Waals surface area (Å²) in [5, 5.41) is 0. The quantitative estimate of drug-likeness (QED) is 0.236. The fraction of sp³-hybridized carbons (Fsp3) is 0.889. The van der Waals surface area contributed by atoms with Gasteiger partial charge in [-0.25, -0.2) is 0 Å². The molecule has 0 aromatic heterocycles. The van der Waals surface area contributed by atoms with Crippen molar-refractivity contribution in [3.05, 3.63) is 19.6 Å². The van der Waals surface area contributed by atoms with Gasteiger partial charge in [-0.2, -0.15) is 12.3 Å². The van der Waals surface area contributed by atoms with Crippen molar-refractivity contribution >= 4 is 0 Å². The second-order valence-corrected chi connectivity index (χ2v) is 7.06. The fourth-order valence-corrected chi connectivity index (χ4v) is 5.05. The number of hydrogen-bond donors (Lipinski definition) is 0. The molecule has 3 fully saturated rings. The van der Waals surface area contributed by atoms with Gasteiger partial charge in [0.15, 0.2) is 0 Å². The Labute approximate surface area is 202 Å². The number of fused-ring (bicyclic) bond motifs is 1. The molecule has 5 unspecified atom stereocenters. The maximum absolute atomic E-state index is 7.99. The molecule has 0 saturated heterocycles. The Bertz CT molecular complexity index is 278. The molecule has 3 saturated carbocycles. The summed E-state index contributed by atoms with van der Waals surface area (Å²) in [6.07, 6.45) is 18.0. The summed E-state index contributed by atoms with van der Waals surface area (Å²) in [5.74, 6) is 3.95. The summed E-state index contributed by atoms with van der Waals surface area (Å²) in [4.78, 5) is 0. The van der Waals surface area contributed by atoms with Crippen molar-refractivity contribution < 1.29 is 84.9 Å². The van der Waals surface area contributed by atoms with Gasteiger partial charge < -0.3 is 19.6 Å². The minimum atomic E-state index is 0. The summed E-state index contributed by atoms with van der Waals surface area (Å²) >= 11 is 0. The molecule has 3 rings (SSSR count). The molecule has 0 bridgehead atoms. The van der Waals surface area contributed by atoms with E-state index in [1.165, 1.54) is 70.6 Å². The zero-order valence-corrected chi connectivity index (χ0v) is 24.2. The predicted octanol–water partition coefficient (Wildman–Crippen LogP) is 5.85. The van der Waals surface area contributed by atoms with Crippen molar-refractivity contribution in [3.63, 3.8) is 0 Å². The van der Waals surface area contributed by atoms with Crippen LogP contribution in [0.2, 0.25) is 0 Å². The molecular weight excluding hydrogens is 741 g/mol. The van der Waals surface area contributed by atoms with E-state index in [4.69, 9.17) is 5.73 Å². The molecular formula is C18H32NUWY-3. The largest absolute Gasteiger partial charge is 0.675 e. The Kier molecular flexibility index (Phi) is 17.1. The van der Waals surface area contributed by atoms with E-state index in [9.17, 15) is 0 Å². The van der Waals surface area contributed by atoms with Gasteiger partial charge in [0.25, 0.3) is 0 Å². The number of hydrogen-bond acceptors (Lipinski definition) is 0. The van der Waals surface area contributed by atoms with Gasteiger partial charge in [0.2, 0.25) is 0 Å². The SMILES string of the molecule is [CH3-].[NH-]C1CCCC(C2CCCC3CCC[CH-]C32)CC1.[U].[W].[Y]. The predicted molar refractivity (Wildman–Crippen MR) is 83.6 cm³/mol. The van der Waals surface area contributed by atoms with Gasteiger partial charge >= 0.3 is 0 Å². The first-order valence-electron chi connectivity index (χ1n) is 8.39. The van der Waals surface area contributed by atoms with Crippen molar-refractivity contribution in [2.24, 2.45) is 23.7 Å². The van der Waals surface area contributed by atoms with Crippen molar-refractivity contribution in [2.75, 3.05) is 0 Å². The third-order valence-electron chi connectivity index (χ3n) is 5.99. The van der Waals surface area contributed by atoms with Crippen molar-refractivity contribution in [1.82, 2.24) is 0 Å². The van der Waals surface area contributed by atoms with Crippen LogP contribution in [0.5, 0.6) is 0 Å². The van der Waals surface area contributed by atoms with Crippen molar-refractivity contribution in [2.45, 2.75) is 76.7 Å². The van der Waals surface area contributed by atoms with Crippen LogP contribution in [0, 0.1) is 68.6 Å². The van der Waals surface area contributed by atoms with Crippen LogP contribution in [0.25, 0.3) is 5.73 Å². The second kappa shape index (κ2) is 13.9. The first-order valence-corrected chi connectivity index (χ1v) is 8.39. The maximum Gasteiger partial charge on any atom is 0 e. The van der Waals surface area contributed by atoms with Gasteiger partial charge in [-0.1, -0.05) is 76.0 Å². The molecule has 1 nitrogen and oxygen atoms in total. The summed E-state index contributed by atoms with van der Waals surface area (Å²) in [7, 11) is 0. The molecule has 5 atom stereocenters. The molecule has 4 heteroatoms. The van der Waals surface area contributed by atoms with Gasteiger partial charge in [0, 0.05) is 84.9 Å². The van der Waals surface area contributed by atoms with E-state index in [0.717, 1.165) is 23.7 Å². The van der Waals surface area contributed by atoms with Crippen LogP contribution in [-0.4, -0.2) is 6.04 Å². The Morgan fingerprint density at radius 2 is 1.41 bits per heavy atom. The third kappa shape index (κ3) is 7.20. The molecule has 0 aromatic carbocycles. The normalized spacial score (nSPS) is 37.8. The van der Waals surface area contributed by atoms with Crippen molar-refractivity contribution in [1.29, 1.82) is 0 Å². The zero-order valence-electron chi connectivity index (χ0n) is 14.2. The molecule has 1 N–H and O–H groups in total. The molecule has 0 amide bonds. The second-order valence-electron chi connectivity index (χ2n) is 7.06. The molecule has 125 valence electrons. The summed E-state index contributed by atoms with van der Waals surface area (Å²) in [6, 6.07) is 0.254. The Hall–Kier alpha value is 2.80. The van der Waals surface area contributed by atoms with Crippen LogP contribution in [-0.2, 0) is 53.8 Å². The van der Waals surface area contributed by atoms with E-state index in [1.807, 2.05) is 0 Å². The van der Waals surface area contributed by atoms with Gasteiger partial charge in [0.05, 0.1) is 0 Å². The summed E-state index contributed by atoms with van der Waals surface area (Å²) < 4.78 is 0. The summed E-state index contributed by atoms with van der Waals surface area (Å²) in [6.45, 7) is 0.